The first-order chi connectivity index (χ1) is 9.97. The first-order valence-electron chi connectivity index (χ1n) is 8.71. The van der Waals surface area contributed by atoms with E-state index in [-0.39, 0.29) is 5.92 Å². The number of rotatable bonds is 4. The van der Waals surface area contributed by atoms with Gasteiger partial charge in [0.25, 0.3) is 0 Å². The van der Waals surface area contributed by atoms with Gasteiger partial charge in [0.1, 0.15) is 0 Å². The Morgan fingerprint density at radius 2 is 1.86 bits per heavy atom. The maximum Gasteiger partial charge on any atom is 0.391 e. The van der Waals surface area contributed by atoms with Crippen LogP contribution in [0.25, 0.3) is 0 Å². The number of fused-ring (bicyclic) bond motifs is 2. The summed E-state index contributed by atoms with van der Waals surface area (Å²) in [4.78, 5) is 0. The zero-order chi connectivity index (χ0) is 15.0. The third-order valence-corrected chi connectivity index (χ3v) is 6.56. The number of nitrogens with one attached hydrogen (secondary N) is 1. The van der Waals surface area contributed by atoms with E-state index in [2.05, 4.69) is 5.32 Å². The molecule has 3 aliphatic rings. The van der Waals surface area contributed by atoms with E-state index < -0.39 is 12.1 Å². The normalized spacial score (nSPS) is 41.4. The van der Waals surface area contributed by atoms with Gasteiger partial charge in [-0.2, -0.15) is 13.2 Å². The van der Waals surface area contributed by atoms with Crippen molar-refractivity contribution in [2.24, 2.45) is 29.6 Å². The van der Waals surface area contributed by atoms with Crippen LogP contribution < -0.4 is 5.32 Å². The van der Waals surface area contributed by atoms with Gasteiger partial charge in [0, 0.05) is 6.04 Å². The van der Waals surface area contributed by atoms with Gasteiger partial charge in [0.2, 0.25) is 0 Å². The number of halogens is 3. The molecule has 4 heteroatoms. The van der Waals surface area contributed by atoms with Gasteiger partial charge < -0.3 is 5.32 Å². The molecule has 122 valence electrons. The summed E-state index contributed by atoms with van der Waals surface area (Å²) in [6.45, 7) is 0. The fourth-order valence-electron chi connectivity index (χ4n) is 5.43. The zero-order valence-electron chi connectivity index (χ0n) is 13.0. The molecule has 3 aliphatic carbocycles. The molecule has 0 spiro atoms. The first kappa shape index (κ1) is 15.6. The third-order valence-electron chi connectivity index (χ3n) is 6.56. The number of hydrogen-bond donors (Lipinski definition) is 1. The van der Waals surface area contributed by atoms with Gasteiger partial charge in [0.15, 0.2) is 0 Å². The van der Waals surface area contributed by atoms with E-state index in [0.29, 0.717) is 18.9 Å². The summed E-state index contributed by atoms with van der Waals surface area (Å²) in [6.07, 6.45) is 4.97. The largest absolute Gasteiger partial charge is 0.391 e. The Hall–Kier alpha value is -0.250. The maximum absolute atomic E-state index is 13.0. The van der Waals surface area contributed by atoms with Gasteiger partial charge >= 0.3 is 6.18 Å². The molecule has 1 N–H and O–H groups in total. The smallest absolute Gasteiger partial charge is 0.317 e. The summed E-state index contributed by atoms with van der Waals surface area (Å²) in [5.74, 6) is 1.72. The number of hydrogen-bond acceptors (Lipinski definition) is 1. The quantitative estimate of drug-likeness (QED) is 0.789. The fourth-order valence-corrected chi connectivity index (χ4v) is 5.43. The predicted molar refractivity (Wildman–Crippen MR) is 77.9 cm³/mol. The Kier molecular flexibility index (Phi) is 4.54. The Morgan fingerprint density at radius 1 is 1.05 bits per heavy atom. The lowest BCUT2D eigenvalue weighted by atomic mass is 9.73. The molecule has 3 fully saturated rings. The van der Waals surface area contributed by atoms with Crippen LogP contribution in [0.15, 0.2) is 0 Å². The number of alkyl halides is 3. The Bertz CT molecular complexity index is 354. The molecule has 0 saturated heterocycles. The molecule has 0 aliphatic heterocycles. The Balaban J connectivity index is 1.58. The van der Waals surface area contributed by atoms with Crippen molar-refractivity contribution in [3.05, 3.63) is 0 Å². The summed E-state index contributed by atoms with van der Waals surface area (Å²) in [7, 11) is 1.94. The Morgan fingerprint density at radius 3 is 2.43 bits per heavy atom. The lowest BCUT2D eigenvalue weighted by Crippen LogP contribution is -2.41. The second-order valence-electron chi connectivity index (χ2n) is 7.73. The van der Waals surface area contributed by atoms with E-state index >= 15 is 0 Å². The predicted octanol–water partition coefficient (Wildman–Crippen LogP) is 4.77. The second-order valence-corrected chi connectivity index (χ2v) is 7.73. The highest BCUT2D eigenvalue weighted by molar-refractivity contribution is 4.93. The summed E-state index contributed by atoms with van der Waals surface area (Å²) in [5.41, 5.74) is 0. The molecule has 6 atom stereocenters. The van der Waals surface area contributed by atoms with Crippen molar-refractivity contribution < 1.29 is 13.2 Å². The summed E-state index contributed by atoms with van der Waals surface area (Å²) >= 11 is 0. The molecular weight excluding hydrogens is 275 g/mol. The molecule has 21 heavy (non-hydrogen) atoms. The second kappa shape index (κ2) is 6.10. The molecule has 0 radical (unpaired) electrons. The van der Waals surface area contributed by atoms with Crippen LogP contribution in [0.4, 0.5) is 13.2 Å². The fraction of sp³-hybridized carbons (Fsp3) is 1.00. The third kappa shape index (κ3) is 3.40. The molecule has 6 unspecified atom stereocenters. The van der Waals surface area contributed by atoms with Gasteiger partial charge in [-0.25, -0.2) is 0 Å². The topological polar surface area (TPSA) is 12.0 Å². The average molecular weight is 303 g/mol. The van der Waals surface area contributed by atoms with E-state index in [4.69, 9.17) is 0 Å². The minimum Gasteiger partial charge on any atom is -0.317 e. The van der Waals surface area contributed by atoms with Crippen molar-refractivity contribution in [1.29, 1.82) is 0 Å². The molecule has 2 bridgehead atoms. The van der Waals surface area contributed by atoms with E-state index in [1.807, 2.05) is 7.05 Å². The Labute approximate surface area is 126 Å². The van der Waals surface area contributed by atoms with Crippen LogP contribution in [0.3, 0.4) is 0 Å². The van der Waals surface area contributed by atoms with Crippen LogP contribution in [-0.4, -0.2) is 19.3 Å². The van der Waals surface area contributed by atoms with Crippen molar-refractivity contribution >= 4 is 0 Å². The molecule has 1 nitrogen and oxygen atoms in total. The molecule has 0 amide bonds. The minimum atomic E-state index is -4.00. The highest BCUT2D eigenvalue weighted by Crippen LogP contribution is 2.51. The van der Waals surface area contributed by atoms with Crippen molar-refractivity contribution in [3.8, 4) is 0 Å². The van der Waals surface area contributed by atoms with E-state index in [9.17, 15) is 13.2 Å². The van der Waals surface area contributed by atoms with Crippen LogP contribution in [0, 0.1) is 29.6 Å². The van der Waals surface area contributed by atoms with Gasteiger partial charge in [-0.3, -0.25) is 0 Å². The van der Waals surface area contributed by atoms with Crippen molar-refractivity contribution in [2.75, 3.05) is 7.05 Å². The zero-order valence-corrected chi connectivity index (χ0v) is 13.0. The monoisotopic (exact) mass is 303 g/mol. The minimum absolute atomic E-state index is 0.217. The highest BCUT2D eigenvalue weighted by Gasteiger charge is 2.45. The maximum atomic E-state index is 13.0. The molecule has 0 aromatic carbocycles. The lowest BCUT2D eigenvalue weighted by molar-refractivity contribution is -0.186. The average Bonchev–Trinajstić information content (AvgIpc) is 3.06. The summed E-state index contributed by atoms with van der Waals surface area (Å²) < 4.78 is 39.0. The molecular formula is C17H28F3N. The van der Waals surface area contributed by atoms with Crippen LogP contribution in [0.5, 0.6) is 0 Å². The molecule has 3 rings (SSSR count). The van der Waals surface area contributed by atoms with Crippen molar-refractivity contribution in [1.82, 2.24) is 5.32 Å². The van der Waals surface area contributed by atoms with E-state index in [1.54, 1.807) is 0 Å². The van der Waals surface area contributed by atoms with Crippen LogP contribution >= 0.6 is 0 Å². The molecule has 0 heterocycles. The van der Waals surface area contributed by atoms with E-state index in [0.717, 1.165) is 37.0 Å². The molecule has 0 aromatic rings. The van der Waals surface area contributed by atoms with Crippen LogP contribution in [-0.2, 0) is 0 Å². The first-order valence-corrected chi connectivity index (χ1v) is 8.71. The van der Waals surface area contributed by atoms with Crippen LogP contribution in [0.2, 0.25) is 0 Å². The van der Waals surface area contributed by atoms with E-state index in [1.165, 1.54) is 25.7 Å². The SMILES string of the molecule is CNC(CC1CC2CCC1C2)C1CCCC(C(F)(F)F)C1. The van der Waals surface area contributed by atoms with Crippen molar-refractivity contribution in [3.63, 3.8) is 0 Å². The molecule has 0 aromatic heterocycles. The van der Waals surface area contributed by atoms with Gasteiger partial charge in [0.05, 0.1) is 5.92 Å². The van der Waals surface area contributed by atoms with Gasteiger partial charge in [-0.05, 0) is 75.7 Å². The van der Waals surface area contributed by atoms with Crippen LogP contribution in [0.1, 0.15) is 57.8 Å². The highest BCUT2D eigenvalue weighted by atomic mass is 19.4. The molecule has 3 saturated carbocycles. The van der Waals surface area contributed by atoms with Gasteiger partial charge in [-0.15, -0.1) is 0 Å². The van der Waals surface area contributed by atoms with Crippen molar-refractivity contribution in [2.45, 2.75) is 70.0 Å². The standard InChI is InChI=1S/C17H28F3N/c1-21-16(10-14-8-11-5-6-12(14)7-11)13-3-2-4-15(9-13)17(18,19)20/h11-16,21H,2-10H2,1H3. The summed E-state index contributed by atoms with van der Waals surface area (Å²) in [5, 5.41) is 3.36. The summed E-state index contributed by atoms with van der Waals surface area (Å²) in [6, 6.07) is 0.291. The van der Waals surface area contributed by atoms with Gasteiger partial charge in [-0.1, -0.05) is 12.8 Å². The lowest BCUT2D eigenvalue weighted by Gasteiger charge is -2.37.